The van der Waals surface area contributed by atoms with Crippen LogP contribution in [0.1, 0.15) is 59.3 Å². The fourth-order valence-corrected chi connectivity index (χ4v) is 2.95. The van der Waals surface area contributed by atoms with Gasteiger partial charge in [-0.2, -0.15) is 0 Å². The van der Waals surface area contributed by atoms with Crippen LogP contribution >= 0.6 is 0 Å². The maximum atomic E-state index is 11.9. The Morgan fingerprint density at radius 3 is 2.56 bits per heavy atom. The minimum Gasteiger partial charge on any atom is -0.381 e. The van der Waals surface area contributed by atoms with Crippen molar-refractivity contribution in [3.8, 4) is 0 Å². The van der Waals surface area contributed by atoms with Crippen molar-refractivity contribution in [2.24, 2.45) is 16.8 Å². The highest BCUT2D eigenvalue weighted by Gasteiger charge is 2.17. The first kappa shape index (κ1) is 21.7. The topological polar surface area (TPSA) is 74.8 Å². The van der Waals surface area contributed by atoms with Crippen LogP contribution < -0.4 is 16.0 Å². The van der Waals surface area contributed by atoms with Gasteiger partial charge in [0.15, 0.2) is 5.96 Å². The monoisotopic (exact) mass is 354 g/mol. The number of hydrogen-bond donors (Lipinski definition) is 3. The molecule has 1 aliphatic rings. The van der Waals surface area contributed by atoms with Gasteiger partial charge in [-0.25, -0.2) is 0 Å². The van der Waals surface area contributed by atoms with Gasteiger partial charge < -0.3 is 20.7 Å². The Kier molecular flexibility index (Phi) is 12.1. The molecule has 1 amide bonds. The molecule has 6 nitrogen and oxygen atoms in total. The molecule has 1 saturated carbocycles. The van der Waals surface area contributed by atoms with Crippen molar-refractivity contribution < 1.29 is 9.53 Å². The van der Waals surface area contributed by atoms with E-state index >= 15 is 0 Å². The van der Waals surface area contributed by atoms with Gasteiger partial charge in [0, 0.05) is 45.8 Å². The third-order valence-electron chi connectivity index (χ3n) is 4.20. The van der Waals surface area contributed by atoms with Crippen molar-refractivity contribution in [1.29, 1.82) is 0 Å². The van der Waals surface area contributed by atoms with Gasteiger partial charge in [-0.1, -0.05) is 26.7 Å². The molecule has 0 aromatic carbocycles. The Morgan fingerprint density at radius 1 is 1.16 bits per heavy atom. The number of aliphatic imine (C=N–C) groups is 1. The number of amides is 1. The maximum Gasteiger partial charge on any atom is 0.220 e. The Hall–Kier alpha value is -1.30. The predicted molar refractivity (Wildman–Crippen MR) is 104 cm³/mol. The lowest BCUT2D eigenvalue weighted by Gasteiger charge is -2.13. The number of carbonyl (C=O) groups excluding carboxylic acids is 1. The number of nitrogens with zero attached hydrogens (tertiary/aromatic N) is 1. The smallest absolute Gasteiger partial charge is 0.220 e. The number of rotatable bonds is 12. The Labute approximate surface area is 153 Å². The molecule has 6 heteroatoms. The lowest BCUT2D eigenvalue weighted by Crippen LogP contribution is -2.41. The second kappa shape index (κ2) is 13.9. The Balaban J connectivity index is 2.10. The summed E-state index contributed by atoms with van der Waals surface area (Å²) in [5, 5.41) is 9.48. The van der Waals surface area contributed by atoms with Crippen LogP contribution in [-0.4, -0.2) is 51.3 Å². The summed E-state index contributed by atoms with van der Waals surface area (Å²) in [6, 6.07) is 0. The van der Waals surface area contributed by atoms with E-state index in [1.165, 1.54) is 25.7 Å². The van der Waals surface area contributed by atoms with E-state index in [4.69, 9.17) is 4.74 Å². The molecule has 0 aromatic heterocycles. The molecule has 1 fully saturated rings. The number of nitrogens with one attached hydrogen (secondary N) is 3. The van der Waals surface area contributed by atoms with Crippen LogP contribution in [0, 0.1) is 11.8 Å². The predicted octanol–water partition coefficient (Wildman–Crippen LogP) is 2.30. The Bertz CT molecular complexity index is 380. The molecule has 0 saturated heterocycles. The first-order valence-electron chi connectivity index (χ1n) is 9.98. The number of ether oxygens (including phenoxy) is 1. The summed E-state index contributed by atoms with van der Waals surface area (Å²) in [6.45, 7) is 10.8. The highest BCUT2D eigenvalue weighted by molar-refractivity contribution is 5.80. The fourth-order valence-electron chi connectivity index (χ4n) is 2.95. The van der Waals surface area contributed by atoms with E-state index in [9.17, 15) is 4.79 Å². The van der Waals surface area contributed by atoms with E-state index in [-0.39, 0.29) is 5.91 Å². The van der Waals surface area contributed by atoms with Crippen LogP contribution in [0.5, 0.6) is 0 Å². The third kappa shape index (κ3) is 11.8. The quantitative estimate of drug-likeness (QED) is 0.286. The first-order chi connectivity index (χ1) is 12.1. The maximum absolute atomic E-state index is 11.9. The van der Waals surface area contributed by atoms with Gasteiger partial charge in [0.05, 0.1) is 0 Å². The summed E-state index contributed by atoms with van der Waals surface area (Å²) in [5.41, 5.74) is 0. The van der Waals surface area contributed by atoms with E-state index in [0.29, 0.717) is 31.3 Å². The number of hydrogen-bond acceptors (Lipinski definition) is 3. The van der Waals surface area contributed by atoms with E-state index in [1.807, 2.05) is 6.92 Å². The Morgan fingerprint density at radius 2 is 1.88 bits per heavy atom. The molecule has 0 unspecified atom stereocenters. The molecule has 0 atom stereocenters. The van der Waals surface area contributed by atoms with E-state index in [2.05, 4.69) is 34.8 Å². The molecular weight excluding hydrogens is 316 g/mol. The van der Waals surface area contributed by atoms with E-state index in [0.717, 1.165) is 38.7 Å². The van der Waals surface area contributed by atoms with Crippen LogP contribution in [0.25, 0.3) is 0 Å². The average molecular weight is 355 g/mol. The molecule has 0 aliphatic heterocycles. The van der Waals surface area contributed by atoms with Gasteiger partial charge in [0.1, 0.15) is 0 Å². The van der Waals surface area contributed by atoms with Crippen LogP contribution in [-0.2, 0) is 9.53 Å². The van der Waals surface area contributed by atoms with Gasteiger partial charge in [-0.05, 0) is 38.0 Å². The van der Waals surface area contributed by atoms with Crippen molar-refractivity contribution in [3.63, 3.8) is 0 Å². The minimum absolute atomic E-state index is 0.179. The van der Waals surface area contributed by atoms with Crippen LogP contribution in [0.4, 0.5) is 0 Å². The van der Waals surface area contributed by atoms with Gasteiger partial charge >= 0.3 is 0 Å². The number of guanidine groups is 1. The summed E-state index contributed by atoms with van der Waals surface area (Å²) < 4.78 is 5.56. The van der Waals surface area contributed by atoms with Crippen LogP contribution in [0.2, 0.25) is 0 Å². The summed E-state index contributed by atoms with van der Waals surface area (Å²) in [6.07, 6.45) is 6.59. The summed E-state index contributed by atoms with van der Waals surface area (Å²) in [4.78, 5) is 16.4. The van der Waals surface area contributed by atoms with E-state index < -0.39 is 0 Å². The normalized spacial score (nSPS) is 15.6. The lowest BCUT2D eigenvalue weighted by atomic mass is 10.0. The summed E-state index contributed by atoms with van der Waals surface area (Å²) in [5.74, 6) is 2.16. The first-order valence-corrected chi connectivity index (χ1v) is 9.98. The SMILES string of the molecule is CCNC(=NCCCOCC(C)C)NCCNC(=O)CC1CCCC1. The molecule has 0 heterocycles. The highest BCUT2D eigenvalue weighted by Crippen LogP contribution is 2.27. The molecule has 1 aliphatic carbocycles. The average Bonchev–Trinajstić information content (AvgIpc) is 3.07. The molecule has 3 N–H and O–H groups in total. The summed E-state index contributed by atoms with van der Waals surface area (Å²) in [7, 11) is 0. The second-order valence-corrected chi connectivity index (χ2v) is 7.21. The summed E-state index contributed by atoms with van der Waals surface area (Å²) >= 11 is 0. The molecule has 0 radical (unpaired) electrons. The van der Waals surface area contributed by atoms with E-state index in [1.54, 1.807) is 0 Å². The number of carbonyl (C=O) groups is 1. The molecule has 25 heavy (non-hydrogen) atoms. The van der Waals surface area contributed by atoms with Crippen LogP contribution in [0.3, 0.4) is 0 Å². The van der Waals surface area contributed by atoms with Gasteiger partial charge in [0.25, 0.3) is 0 Å². The molecule has 1 rings (SSSR count). The van der Waals surface area contributed by atoms with Crippen molar-refractivity contribution >= 4 is 11.9 Å². The van der Waals surface area contributed by atoms with Gasteiger partial charge in [-0.3, -0.25) is 9.79 Å². The molecule has 0 spiro atoms. The fraction of sp³-hybridized carbons (Fsp3) is 0.895. The van der Waals surface area contributed by atoms with Crippen molar-refractivity contribution in [2.45, 2.75) is 59.3 Å². The second-order valence-electron chi connectivity index (χ2n) is 7.21. The van der Waals surface area contributed by atoms with Crippen molar-refractivity contribution in [2.75, 3.05) is 39.4 Å². The molecular formula is C19H38N4O2. The lowest BCUT2D eigenvalue weighted by molar-refractivity contribution is -0.121. The highest BCUT2D eigenvalue weighted by atomic mass is 16.5. The molecule has 0 aromatic rings. The van der Waals surface area contributed by atoms with Crippen LogP contribution in [0.15, 0.2) is 4.99 Å². The zero-order chi connectivity index (χ0) is 18.3. The van der Waals surface area contributed by atoms with Crippen molar-refractivity contribution in [1.82, 2.24) is 16.0 Å². The van der Waals surface area contributed by atoms with Gasteiger partial charge in [0.2, 0.25) is 5.91 Å². The minimum atomic E-state index is 0.179. The molecule has 146 valence electrons. The molecule has 0 bridgehead atoms. The standard InChI is InChI=1S/C19H38N4O2/c1-4-20-19(22-10-7-13-25-15-16(2)3)23-12-11-21-18(24)14-17-8-5-6-9-17/h16-17H,4-15H2,1-3H3,(H,21,24)(H2,20,22,23). The third-order valence-corrected chi connectivity index (χ3v) is 4.20. The van der Waals surface area contributed by atoms with Crippen molar-refractivity contribution in [3.05, 3.63) is 0 Å². The zero-order valence-corrected chi connectivity index (χ0v) is 16.4. The van der Waals surface area contributed by atoms with Gasteiger partial charge in [-0.15, -0.1) is 0 Å². The zero-order valence-electron chi connectivity index (χ0n) is 16.4. The largest absolute Gasteiger partial charge is 0.381 e.